The van der Waals surface area contributed by atoms with Crippen LogP contribution >= 0.6 is 0 Å². The van der Waals surface area contributed by atoms with E-state index in [1.807, 2.05) is 0 Å². The molecule has 1 aliphatic rings. The van der Waals surface area contributed by atoms with Crippen molar-refractivity contribution >= 4 is 0 Å². The van der Waals surface area contributed by atoms with Crippen molar-refractivity contribution < 1.29 is 0 Å². The van der Waals surface area contributed by atoms with Gasteiger partial charge < -0.3 is 10.6 Å². The molecule has 2 nitrogen and oxygen atoms in total. The smallest absolute Gasteiger partial charge is 0.0128 e. The van der Waals surface area contributed by atoms with E-state index in [0.717, 1.165) is 12.3 Å². The molecule has 1 heterocycles. The van der Waals surface area contributed by atoms with Gasteiger partial charge in [-0.05, 0) is 70.6 Å². The highest BCUT2D eigenvalue weighted by atomic mass is 15.0. The standard InChI is InChI=1S/C17H28N2/c1-17(2,11-8-15-6-4-3-5-7-15)19-14-16-9-12-18-13-10-16/h3-7,16,18-19H,8-14H2,1-2H3. The largest absolute Gasteiger partial charge is 0.317 e. The fourth-order valence-corrected chi connectivity index (χ4v) is 2.70. The summed E-state index contributed by atoms with van der Waals surface area (Å²) in [5, 5.41) is 7.20. The molecule has 2 N–H and O–H groups in total. The average Bonchev–Trinajstić information content (AvgIpc) is 2.46. The molecule has 0 aliphatic carbocycles. The summed E-state index contributed by atoms with van der Waals surface area (Å²) in [4.78, 5) is 0. The Morgan fingerprint density at radius 1 is 1.16 bits per heavy atom. The lowest BCUT2D eigenvalue weighted by Gasteiger charge is -2.31. The van der Waals surface area contributed by atoms with Crippen molar-refractivity contribution in [3.63, 3.8) is 0 Å². The first kappa shape index (κ1) is 14.5. The van der Waals surface area contributed by atoms with Crippen LogP contribution in [0.3, 0.4) is 0 Å². The van der Waals surface area contributed by atoms with Gasteiger partial charge in [-0.15, -0.1) is 0 Å². The van der Waals surface area contributed by atoms with Crippen molar-refractivity contribution in [3.05, 3.63) is 35.9 Å². The van der Waals surface area contributed by atoms with Crippen LogP contribution in [0.1, 0.15) is 38.7 Å². The number of aryl methyl sites for hydroxylation is 1. The minimum atomic E-state index is 0.237. The zero-order valence-electron chi connectivity index (χ0n) is 12.4. The summed E-state index contributed by atoms with van der Waals surface area (Å²) >= 11 is 0. The van der Waals surface area contributed by atoms with Gasteiger partial charge in [0.05, 0.1) is 0 Å². The highest BCUT2D eigenvalue weighted by Crippen LogP contribution is 2.16. The fraction of sp³-hybridized carbons (Fsp3) is 0.647. The Kier molecular flexibility index (Phi) is 5.41. The highest BCUT2D eigenvalue weighted by molar-refractivity contribution is 5.15. The average molecular weight is 260 g/mol. The molecule has 1 fully saturated rings. The summed E-state index contributed by atoms with van der Waals surface area (Å²) in [6, 6.07) is 10.8. The van der Waals surface area contributed by atoms with E-state index >= 15 is 0 Å². The minimum absolute atomic E-state index is 0.237. The summed E-state index contributed by atoms with van der Waals surface area (Å²) < 4.78 is 0. The molecule has 19 heavy (non-hydrogen) atoms. The number of hydrogen-bond acceptors (Lipinski definition) is 2. The van der Waals surface area contributed by atoms with E-state index in [4.69, 9.17) is 0 Å². The van der Waals surface area contributed by atoms with Crippen molar-refractivity contribution in [1.29, 1.82) is 0 Å². The Morgan fingerprint density at radius 3 is 2.53 bits per heavy atom. The molecule has 0 saturated carbocycles. The van der Waals surface area contributed by atoms with E-state index in [1.54, 1.807) is 0 Å². The third kappa shape index (κ3) is 5.33. The first-order valence-electron chi connectivity index (χ1n) is 7.65. The molecule has 0 amide bonds. The number of hydrogen-bond donors (Lipinski definition) is 2. The molecule has 1 aromatic rings. The molecule has 1 aromatic carbocycles. The van der Waals surface area contributed by atoms with Crippen LogP contribution in [0, 0.1) is 5.92 Å². The van der Waals surface area contributed by atoms with Gasteiger partial charge >= 0.3 is 0 Å². The molecule has 106 valence electrons. The van der Waals surface area contributed by atoms with Crippen LogP contribution in [0.5, 0.6) is 0 Å². The van der Waals surface area contributed by atoms with Crippen molar-refractivity contribution in [2.24, 2.45) is 5.92 Å². The first-order chi connectivity index (χ1) is 9.16. The summed E-state index contributed by atoms with van der Waals surface area (Å²) in [7, 11) is 0. The topological polar surface area (TPSA) is 24.1 Å². The number of nitrogens with one attached hydrogen (secondary N) is 2. The van der Waals surface area contributed by atoms with E-state index < -0.39 is 0 Å². The van der Waals surface area contributed by atoms with Crippen molar-refractivity contribution in [2.75, 3.05) is 19.6 Å². The molecule has 0 aromatic heterocycles. The van der Waals surface area contributed by atoms with E-state index in [2.05, 4.69) is 54.8 Å². The lowest BCUT2D eigenvalue weighted by Crippen LogP contribution is -2.44. The Balaban J connectivity index is 1.71. The van der Waals surface area contributed by atoms with Gasteiger partial charge in [0.1, 0.15) is 0 Å². The second-order valence-electron chi connectivity index (χ2n) is 6.44. The minimum Gasteiger partial charge on any atom is -0.317 e. The monoisotopic (exact) mass is 260 g/mol. The van der Waals surface area contributed by atoms with Crippen LogP contribution in [-0.4, -0.2) is 25.2 Å². The SMILES string of the molecule is CC(C)(CCc1ccccc1)NCC1CCNCC1. The Labute approximate surface area is 118 Å². The predicted octanol–water partition coefficient (Wildman–Crippen LogP) is 2.99. The number of benzene rings is 1. The first-order valence-corrected chi connectivity index (χ1v) is 7.65. The van der Waals surface area contributed by atoms with Crippen LogP contribution in [0.25, 0.3) is 0 Å². The van der Waals surface area contributed by atoms with Gasteiger partial charge in [0.25, 0.3) is 0 Å². The zero-order valence-corrected chi connectivity index (χ0v) is 12.4. The van der Waals surface area contributed by atoms with Gasteiger partial charge in [0, 0.05) is 5.54 Å². The third-order valence-electron chi connectivity index (χ3n) is 4.21. The Hall–Kier alpha value is -0.860. The van der Waals surface area contributed by atoms with Crippen LogP contribution in [0.2, 0.25) is 0 Å². The summed E-state index contributed by atoms with van der Waals surface area (Å²) in [5.74, 6) is 0.859. The molecular weight excluding hydrogens is 232 g/mol. The quantitative estimate of drug-likeness (QED) is 0.821. The Bertz CT molecular complexity index is 353. The normalized spacial score (nSPS) is 17.6. The van der Waals surface area contributed by atoms with Crippen LogP contribution in [-0.2, 0) is 6.42 Å². The summed E-state index contributed by atoms with van der Waals surface area (Å²) in [5.41, 5.74) is 1.68. The number of piperidine rings is 1. The van der Waals surface area contributed by atoms with Crippen molar-refractivity contribution in [2.45, 2.75) is 45.1 Å². The molecule has 1 saturated heterocycles. The predicted molar refractivity (Wildman–Crippen MR) is 82.4 cm³/mol. The molecule has 2 heteroatoms. The lowest BCUT2D eigenvalue weighted by molar-refractivity contribution is 0.291. The van der Waals surface area contributed by atoms with Crippen molar-refractivity contribution in [3.8, 4) is 0 Å². The van der Waals surface area contributed by atoms with E-state index in [-0.39, 0.29) is 5.54 Å². The van der Waals surface area contributed by atoms with Gasteiger partial charge in [-0.3, -0.25) is 0 Å². The molecule has 2 rings (SSSR count). The van der Waals surface area contributed by atoms with Gasteiger partial charge in [0.2, 0.25) is 0 Å². The fourth-order valence-electron chi connectivity index (χ4n) is 2.70. The molecule has 0 bridgehead atoms. The summed E-state index contributed by atoms with van der Waals surface area (Å²) in [6.07, 6.45) is 5.00. The van der Waals surface area contributed by atoms with Gasteiger partial charge in [-0.25, -0.2) is 0 Å². The van der Waals surface area contributed by atoms with Gasteiger partial charge in [0.15, 0.2) is 0 Å². The van der Waals surface area contributed by atoms with Crippen molar-refractivity contribution in [1.82, 2.24) is 10.6 Å². The summed E-state index contributed by atoms with van der Waals surface area (Å²) in [6.45, 7) is 8.21. The third-order valence-corrected chi connectivity index (χ3v) is 4.21. The zero-order chi connectivity index (χ0) is 13.6. The van der Waals surface area contributed by atoms with E-state index in [1.165, 1.54) is 44.5 Å². The lowest BCUT2D eigenvalue weighted by atomic mass is 9.92. The molecule has 0 spiro atoms. The maximum atomic E-state index is 3.77. The number of rotatable bonds is 6. The van der Waals surface area contributed by atoms with E-state index in [9.17, 15) is 0 Å². The maximum absolute atomic E-state index is 3.77. The molecule has 0 atom stereocenters. The molecule has 0 radical (unpaired) electrons. The molecular formula is C17H28N2. The molecule has 1 aliphatic heterocycles. The Morgan fingerprint density at radius 2 is 1.84 bits per heavy atom. The van der Waals surface area contributed by atoms with Crippen LogP contribution in [0.4, 0.5) is 0 Å². The van der Waals surface area contributed by atoms with Crippen LogP contribution in [0.15, 0.2) is 30.3 Å². The second kappa shape index (κ2) is 7.06. The molecule has 0 unspecified atom stereocenters. The van der Waals surface area contributed by atoms with Gasteiger partial charge in [-0.1, -0.05) is 30.3 Å². The van der Waals surface area contributed by atoms with Gasteiger partial charge in [-0.2, -0.15) is 0 Å². The maximum Gasteiger partial charge on any atom is 0.0128 e. The van der Waals surface area contributed by atoms with E-state index in [0.29, 0.717) is 0 Å². The second-order valence-corrected chi connectivity index (χ2v) is 6.44. The van der Waals surface area contributed by atoms with Crippen LogP contribution < -0.4 is 10.6 Å². The highest BCUT2D eigenvalue weighted by Gasteiger charge is 2.20.